The minimum atomic E-state index is 0.674. The Morgan fingerprint density at radius 2 is 1.86 bits per heavy atom. The summed E-state index contributed by atoms with van der Waals surface area (Å²) in [5.74, 6) is 0.810. The van der Waals surface area contributed by atoms with Gasteiger partial charge in [0.2, 0.25) is 0 Å². The van der Waals surface area contributed by atoms with Gasteiger partial charge >= 0.3 is 0 Å². The molecule has 1 aromatic rings. The highest BCUT2D eigenvalue weighted by molar-refractivity contribution is 5.79. The van der Waals surface area contributed by atoms with Crippen LogP contribution >= 0.6 is 0 Å². The molecule has 0 saturated heterocycles. The summed E-state index contributed by atoms with van der Waals surface area (Å²) in [6, 6.07) is 8.42. The van der Waals surface area contributed by atoms with E-state index in [0.717, 1.165) is 38.7 Å². The topological polar surface area (TPSA) is 54.9 Å². The number of guanidine groups is 1. The lowest BCUT2D eigenvalue weighted by Crippen LogP contribution is -2.37. The molecule has 1 aromatic carbocycles. The Balaban J connectivity index is 2.32. The second kappa shape index (κ2) is 11.1. The first-order chi connectivity index (χ1) is 10.3. The molecule has 0 amide bonds. The van der Waals surface area contributed by atoms with Gasteiger partial charge in [-0.15, -0.1) is 0 Å². The SMILES string of the molecule is CCOCc1ccc(CNC(=NC)NCCCOC)cc1. The normalized spacial score (nSPS) is 11.5. The molecule has 0 saturated carbocycles. The molecule has 0 fully saturated rings. The van der Waals surface area contributed by atoms with Gasteiger partial charge in [-0.25, -0.2) is 0 Å². The largest absolute Gasteiger partial charge is 0.385 e. The van der Waals surface area contributed by atoms with Crippen LogP contribution < -0.4 is 10.6 Å². The van der Waals surface area contributed by atoms with E-state index in [1.807, 2.05) is 6.92 Å². The van der Waals surface area contributed by atoms with Crippen molar-refractivity contribution in [3.05, 3.63) is 35.4 Å². The van der Waals surface area contributed by atoms with Crippen molar-refractivity contribution in [2.24, 2.45) is 4.99 Å². The third-order valence-corrected chi connectivity index (χ3v) is 3.00. The summed E-state index contributed by atoms with van der Waals surface area (Å²) in [6.45, 7) is 5.77. The Bertz CT molecular complexity index is 404. The van der Waals surface area contributed by atoms with Crippen LogP contribution in [-0.2, 0) is 22.6 Å². The Hall–Kier alpha value is -1.59. The van der Waals surface area contributed by atoms with Crippen molar-refractivity contribution in [1.29, 1.82) is 0 Å². The molecular formula is C16H27N3O2. The molecule has 0 aromatic heterocycles. The zero-order valence-corrected chi connectivity index (χ0v) is 13.3. The number of methoxy groups -OCH3 is 1. The zero-order valence-electron chi connectivity index (χ0n) is 13.3. The maximum absolute atomic E-state index is 5.38. The van der Waals surface area contributed by atoms with Gasteiger partial charge in [-0.2, -0.15) is 0 Å². The van der Waals surface area contributed by atoms with E-state index >= 15 is 0 Å². The Kier molecular flexibility index (Phi) is 9.24. The summed E-state index contributed by atoms with van der Waals surface area (Å²) in [5, 5.41) is 6.54. The molecule has 21 heavy (non-hydrogen) atoms. The van der Waals surface area contributed by atoms with Crippen molar-refractivity contribution < 1.29 is 9.47 Å². The van der Waals surface area contributed by atoms with E-state index in [1.165, 1.54) is 11.1 Å². The molecular weight excluding hydrogens is 266 g/mol. The smallest absolute Gasteiger partial charge is 0.191 e. The predicted molar refractivity (Wildman–Crippen MR) is 86.5 cm³/mol. The van der Waals surface area contributed by atoms with Gasteiger partial charge in [-0.05, 0) is 24.5 Å². The molecule has 5 nitrogen and oxygen atoms in total. The molecule has 0 radical (unpaired) electrons. The van der Waals surface area contributed by atoms with Crippen molar-refractivity contribution in [3.8, 4) is 0 Å². The highest BCUT2D eigenvalue weighted by Crippen LogP contribution is 2.05. The predicted octanol–water partition coefficient (Wildman–Crippen LogP) is 1.92. The van der Waals surface area contributed by atoms with E-state index in [9.17, 15) is 0 Å². The van der Waals surface area contributed by atoms with Crippen molar-refractivity contribution in [2.75, 3.05) is 33.9 Å². The monoisotopic (exact) mass is 293 g/mol. The summed E-state index contributed by atoms with van der Waals surface area (Å²) in [7, 11) is 3.49. The van der Waals surface area contributed by atoms with Crippen LogP contribution in [0.3, 0.4) is 0 Å². The Morgan fingerprint density at radius 1 is 1.14 bits per heavy atom. The van der Waals surface area contributed by atoms with Crippen LogP contribution in [0.4, 0.5) is 0 Å². The lowest BCUT2D eigenvalue weighted by molar-refractivity contribution is 0.134. The van der Waals surface area contributed by atoms with Crippen LogP contribution in [0.25, 0.3) is 0 Å². The number of ether oxygens (including phenoxy) is 2. The van der Waals surface area contributed by atoms with Gasteiger partial charge < -0.3 is 20.1 Å². The van der Waals surface area contributed by atoms with E-state index < -0.39 is 0 Å². The van der Waals surface area contributed by atoms with Crippen LogP contribution in [-0.4, -0.2) is 39.9 Å². The summed E-state index contributed by atoms with van der Waals surface area (Å²) in [4.78, 5) is 4.19. The molecule has 0 aliphatic rings. The first kappa shape index (κ1) is 17.5. The number of hydrogen-bond acceptors (Lipinski definition) is 3. The summed E-state index contributed by atoms with van der Waals surface area (Å²) >= 11 is 0. The summed E-state index contributed by atoms with van der Waals surface area (Å²) < 4.78 is 10.4. The van der Waals surface area contributed by atoms with Crippen molar-refractivity contribution >= 4 is 5.96 Å². The molecule has 0 spiro atoms. The van der Waals surface area contributed by atoms with Crippen LogP contribution in [0.2, 0.25) is 0 Å². The highest BCUT2D eigenvalue weighted by Gasteiger charge is 1.99. The average molecular weight is 293 g/mol. The molecule has 0 aliphatic carbocycles. The van der Waals surface area contributed by atoms with Crippen LogP contribution in [0.15, 0.2) is 29.3 Å². The van der Waals surface area contributed by atoms with Gasteiger partial charge in [0.05, 0.1) is 6.61 Å². The summed E-state index contributed by atoms with van der Waals surface area (Å²) in [6.07, 6.45) is 0.962. The van der Waals surface area contributed by atoms with Crippen LogP contribution in [0.5, 0.6) is 0 Å². The van der Waals surface area contributed by atoms with E-state index in [0.29, 0.717) is 6.61 Å². The molecule has 0 unspecified atom stereocenters. The molecule has 0 heterocycles. The first-order valence-electron chi connectivity index (χ1n) is 7.39. The quantitative estimate of drug-likeness (QED) is 0.415. The molecule has 0 aliphatic heterocycles. The minimum Gasteiger partial charge on any atom is -0.385 e. The number of hydrogen-bond donors (Lipinski definition) is 2. The van der Waals surface area contributed by atoms with E-state index in [2.05, 4.69) is 39.9 Å². The molecule has 0 atom stereocenters. The van der Waals surface area contributed by atoms with Crippen molar-refractivity contribution in [2.45, 2.75) is 26.5 Å². The molecule has 118 valence electrons. The van der Waals surface area contributed by atoms with Gasteiger partial charge in [0, 0.05) is 40.5 Å². The van der Waals surface area contributed by atoms with Crippen LogP contribution in [0, 0.1) is 0 Å². The number of aliphatic imine (C=N–C) groups is 1. The third-order valence-electron chi connectivity index (χ3n) is 3.00. The van der Waals surface area contributed by atoms with E-state index in [4.69, 9.17) is 9.47 Å². The second-order valence-corrected chi connectivity index (χ2v) is 4.65. The third kappa shape index (κ3) is 7.68. The highest BCUT2D eigenvalue weighted by atomic mass is 16.5. The molecule has 1 rings (SSSR count). The average Bonchev–Trinajstić information content (AvgIpc) is 2.53. The second-order valence-electron chi connectivity index (χ2n) is 4.65. The van der Waals surface area contributed by atoms with Crippen LogP contribution in [0.1, 0.15) is 24.5 Å². The number of rotatable bonds is 9. The number of nitrogens with zero attached hydrogens (tertiary/aromatic N) is 1. The van der Waals surface area contributed by atoms with Gasteiger partial charge in [-0.3, -0.25) is 4.99 Å². The van der Waals surface area contributed by atoms with E-state index in [-0.39, 0.29) is 0 Å². The fourth-order valence-corrected chi connectivity index (χ4v) is 1.80. The number of nitrogens with one attached hydrogen (secondary N) is 2. The summed E-state index contributed by atoms with van der Waals surface area (Å²) in [5.41, 5.74) is 2.41. The van der Waals surface area contributed by atoms with Gasteiger partial charge in [-0.1, -0.05) is 24.3 Å². The fraction of sp³-hybridized carbons (Fsp3) is 0.562. The maximum Gasteiger partial charge on any atom is 0.191 e. The Labute approximate surface area is 127 Å². The van der Waals surface area contributed by atoms with Crippen molar-refractivity contribution in [3.63, 3.8) is 0 Å². The maximum atomic E-state index is 5.38. The number of benzene rings is 1. The minimum absolute atomic E-state index is 0.674. The fourth-order valence-electron chi connectivity index (χ4n) is 1.80. The molecule has 2 N–H and O–H groups in total. The van der Waals surface area contributed by atoms with Gasteiger partial charge in [0.25, 0.3) is 0 Å². The van der Waals surface area contributed by atoms with Gasteiger partial charge in [0.15, 0.2) is 5.96 Å². The molecule has 5 heteroatoms. The Morgan fingerprint density at radius 3 is 2.48 bits per heavy atom. The zero-order chi connectivity index (χ0) is 15.3. The van der Waals surface area contributed by atoms with Gasteiger partial charge in [0.1, 0.15) is 0 Å². The van der Waals surface area contributed by atoms with E-state index in [1.54, 1.807) is 14.2 Å². The van der Waals surface area contributed by atoms with Crippen molar-refractivity contribution in [1.82, 2.24) is 10.6 Å². The molecule has 0 bridgehead atoms. The standard InChI is InChI=1S/C16H27N3O2/c1-4-21-13-15-8-6-14(7-9-15)12-19-16(17-2)18-10-5-11-20-3/h6-9H,4-5,10-13H2,1-3H3,(H2,17,18,19). The lowest BCUT2D eigenvalue weighted by atomic mass is 10.1. The lowest BCUT2D eigenvalue weighted by Gasteiger charge is -2.12. The first-order valence-corrected chi connectivity index (χ1v) is 7.39.